The van der Waals surface area contributed by atoms with Gasteiger partial charge in [0.25, 0.3) is 0 Å². The van der Waals surface area contributed by atoms with Crippen LogP contribution >= 0.6 is 22.9 Å². The van der Waals surface area contributed by atoms with Crippen molar-refractivity contribution in [1.29, 1.82) is 0 Å². The molecule has 0 aliphatic carbocycles. The molecule has 0 amide bonds. The summed E-state index contributed by atoms with van der Waals surface area (Å²) in [4.78, 5) is 11.3. The van der Waals surface area contributed by atoms with Gasteiger partial charge in [0.15, 0.2) is 5.01 Å². The van der Waals surface area contributed by atoms with Crippen molar-refractivity contribution < 1.29 is 19.0 Å². The number of esters is 1. The predicted molar refractivity (Wildman–Crippen MR) is 115 cm³/mol. The van der Waals surface area contributed by atoms with E-state index in [2.05, 4.69) is 27.0 Å². The first-order chi connectivity index (χ1) is 14.5. The Labute approximate surface area is 182 Å². The Hall–Kier alpha value is -2.91. The Morgan fingerprint density at radius 2 is 2.00 bits per heavy atom. The molecule has 1 aromatic carbocycles. The highest BCUT2D eigenvalue weighted by molar-refractivity contribution is 7.17. The first-order valence-corrected chi connectivity index (χ1v) is 10.4. The summed E-state index contributed by atoms with van der Waals surface area (Å²) in [6.45, 7) is 8.21. The largest absolute Gasteiger partial charge is 0.492 e. The number of aromatic amines is 1. The molecule has 0 bridgehead atoms. The Kier molecular flexibility index (Phi) is 7.42. The highest BCUT2D eigenvalue weighted by atomic mass is 35.5. The van der Waals surface area contributed by atoms with Crippen LogP contribution in [0.3, 0.4) is 0 Å². The standard InChI is InChI=1S/C20H21ClN4O4S/c1-4-27-17-11-15(22-23-17)19-25-24-18(30-19)13-6-7-16(14(21)10-13)28-8-5-9-29-20(26)12(2)3/h6-7,10-11H,2,4-5,8-9H2,1,3H3,(H,22,23). The van der Waals surface area contributed by atoms with Crippen LogP contribution in [0, 0.1) is 0 Å². The predicted octanol–water partition coefficient (Wildman–Crippen LogP) is 4.54. The quantitative estimate of drug-likeness (QED) is 0.276. The summed E-state index contributed by atoms with van der Waals surface area (Å²) in [6, 6.07) is 7.20. The summed E-state index contributed by atoms with van der Waals surface area (Å²) in [5, 5.41) is 17.3. The smallest absolute Gasteiger partial charge is 0.333 e. The van der Waals surface area contributed by atoms with E-state index in [9.17, 15) is 4.79 Å². The third-order valence-corrected chi connectivity index (χ3v) is 5.10. The molecule has 0 radical (unpaired) electrons. The van der Waals surface area contributed by atoms with Crippen LogP contribution in [0.1, 0.15) is 20.3 Å². The zero-order chi connectivity index (χ0) is 21.5. The van der Waals surface area contributed by atoms with E-state index in [-0.39, 0.29) is 6.61 Å². The Balaban J connectivity index is 1.58. The summed E-state index contributed by atoms with van der Waals surface area (Å²) in [5.74, 6) is 0.728. The molecule has 30 heavy (non-hydrogen) atoms. The summed E-state index contributed by atoms with van der Waals surface area (Å²) in [7, 11) is 0. The van der Waals surface area contributed by atoms with E-state index in [1.165, 1.54) is 11.3 Å². The second-order valence-corrected chi connectivity index (χ2v) is 7.61. The van der Waals surface area contributed by atoms with Gasteiger partial charge in [0, 0.05) is 23.6 Å². The number of aromatic nitrogens is 4. The van der Waals surface area contributed by atoms with E-state index < -0.39 is 5.97 Å². The van der Waals surface area contributed by atoms with Gasteiger partial charge in [-0.25, -0.2) is 9.89 Å². The molecule has 0 unspecified atom stereocenters. The van der Waals surface area contributed by atoms with Crippen molar-refractivity contribution in [3.05, 3.63) is 41.4 Å². The Morgan fingerprint density at radius 1 is 1.20 bits per heavy atom. The third-order valence-electron chi connectivity index (χ3n) is 3.81. The first-order valence-electron chi connectivity index (χ1n) is 9.25. The maximum absolute atomic E-state index is 11.3. The van der Waals surface area contributed by atoms with Crippen LogP contribution in [0.25, 0.3) is 21.3 Å². The van der Waals surface area contributed by atoms with Crippen molar-refractivity contribution in [1.82, 2.24) is 20.4 Å². The lowest BCUT2D eigenvalue weighted by Crippen LogP contribution is -2.09. The molecule has 158 valence electrons. The lowest BCUT2D eigenvalue weighted by molar-refractivity contribution is -0.139. The van der Waals surface area contributed by atoms with E-state index in [4.69, 9.17) is 25.8 Å². The molecule has 0 aliphatic rings. The molecule has 2 aromatic heterocycles. The van der Waals surface area contributed by atoms with E-state index in [0.29, 0.717) is 57.6 Å². The number of H-pyrrole nitrogens is 1. The molecule has 8 nitrogen and oxygen atoms in total. The molecule has 1 N–H and O–H groups in total. The van der Waals surface area contributed by atoms with Gasteiger partial charge in [-0.1, -0.05) is 29.5 Å². The third kappa shape index (κ3) is 5.58. The summed E-state index contributed by atoms with van der Waals surface area (Å²) >= 11 is 7.75. The monoisotopic (exact) mass is 448 g/mol. The number of nitrogens with one attached hydrogen (secondary N) is 1. The number of carbonyl (C=O) groups excluding carboxylic acids is 1. The van der Waals surface area contributed by atoms with Crippen LogP contribution in [-0.4, -0.2) is 46.2 Å². The number of benzene rings is 1. The topological polar surface area (TPSA) is 99.2 Å². The van der Waals surface area contributed by atoms with Crippen LogP contribution in [0.4, 0.5) is 0 Å². The average molecular weight is 449 g/mol. The highest BCUT2D eigenvalue weighted by Crippen LogP contribution is 2.34. The van der Waals surface area contributed by atoms with Crippen LogP contribution in [0.5, 0.6) is 11.6 Å². The normalized spacial score (nSPS) is 10.6. The summed E-state index contributed by atoms with van der Waals surface area (Å²) < 4.78 is 16.1. The van der Waals surface area contributed by atoms with Crippen molar-refractivity contribution in [2.75, 3.05) is 19.8 Å². The molecule has 0 saturated carbocycles. The van der Waals surface area contributed by atoms with E-state index in [1.807, 2.05) is 13.0 Å². The van der Waals surface area contributed by atoms with E-state index in [0.717, 1.165) is 5.56 Å². The van der Waals surface area contributed by atoms with Gasteiger partial charge in [0.05, 0.1) is 24.8 Å². The molecule has 0 saturated heterocycles. The van der Waals surface area contributed by atoms with Gasteiger partial charge in [-0.2, -0.15) is 5.10 Å². The van der Waals surface area contributed by atoms with Gasteiger partial charge in [0.2, 0.25) is 5.88 Å². The highest BCUT2D eigenvalue weighted by Gasteiger charge is 2.14. The first kappa shape index (κ1) is 21.8. The lowest BCUT2D eigenvalue weighted by Gasteiger charge is -2.09. The second-order valence-electron chi connectivity index (χ2n) is 6.23. The van der Waals surface area contributed by atoms with Crippen LogP contribution in [0.15, 0.2) is 36.4 Å². The van der Waals surface area contributed by atoms with Gasteiger partial charge in [-0.05, 0) is 32.0 Å². The fraction of sp³-hybridized carbons (Fsp3) is 0.300. The van der Waals surface area contributed by atoms with Crippen LogP contribution < -0.4 is 9.47 Å². The second kappa shape index (κ2) is 10.2. The molecule has 0 atom stereocenters. The molecule has 2 heterocycles. The van der Waals surface area contributed by atoms with E-state index >= 15 is 0 Å². The minimum Gasteiger partial charge on any atom is -0.492 e. The van der Waals surface area contributed by atoms with Crippen LogP contribution in [-0.2, 0) is 9.53 Å². The van der Waals surface area contributed by atoms with Crippen molar-refractivity contribution in [3.63, 3.8) is 0 Å². The maximum Gasteiger partial charge on any atom is 0.333 e. The van der Waals surface area contributed by atoms with Crippen molar-refractivity contribution in [2.45, 2.75) is 20.3 Å². The van der Waals surface area contributed by atoms with Gasteiger partial charge >= 0.3 is 5.97 Å². The zero-order valence-electron chi connectivity index (χ0n) is 16.6. The van der Waals surface area contributed by atoms with Crippen LogP contribution in [0.2, 0.25) is 5.02 Å². The number of hydrogen-bond acceptors (Lipinski definition) is 8. The Bertz CT molecular complexity index is 1030. The maximum atomic E-state index is 11.3. The summed E-state index contributed by atoms with van der Waals surface area (Å²) in [6.07, 6.45) is 0.546. The molecule has 10 heteroatoms. The molecule has 3 rings (SSSR count). The fourth-order valence-corrected chi connectivity index (χ4v) is 3.40. The molecule has 0 aliphatic heterocycles. The fourth-order valence-electron chi connectivity index (χ4n) is 2.37. The molecule has 3 aromatic rings. The van der Waals surface area contributed by atoms with Crippen molar-refractivity contribution in [3.8, 4) is 32.9 Å². The van der Waals surface area contributed by atoms with E-state index in [1.54, 1.807) is 25.1 Å². The van der Waals surface area contributed by atoms with Gasteiger partial charge in [0.1, 0.15) is 16.5 Å². The van der Waals surface area contributed by atoms with Gasteiger partial charge in [-0.15, -0.1) is 10.2 Å². The lowest BCUT2D eigenvalue weighted by atomic mass is 10.2. The van der Waals surface area contributed by atoms with Gasteiger partial charge in [-0.3, -0.25) is 0 Å². The number of halogens is 1. The zero-order valence-corrected chi connectivity index (χ0v) is 18.2. The minimum atomic E-state index is -0.405. The number of rotatable bonds is 10. The average Bonchev–Trinajstić information content (AvgIpc) is 3.38. The SMILES string of the molecule is C=C(C)C(=O)OCCCOc1ccc(-c2nnc(-c3cc(OCC)[nH]n3)s2)cc1Cl. The number of ether oxygens (including phenoxy) is 3. The van der Waals surface area contributed by atoms with Gasteiger partial charge < -0.3 is 14.2 Å². The molecule has 0 fully saturated rings. The number of nitrogens with zero attached hydrogens (tertiary/aromatic N) is 3. The number of hydrogen-bond donors (Lipinski definition) is 1. The van der Waals surface area contributed by atoms with Crippen molar-refractivity contribution in [2.24, 2.45) is 0 Å². The molecular formula is C20H21ClN4O4S. The minimum absolute atomic E-state index is 0.257. The molecule has 0 spiro atoms. The molecular weight excluding hydrogens is 428 g/mol. The Morgan fingerprint density at radius 3 is 2.73 bits per heavy atom. The number of carbonyl (C=O) groups is 1. The summed E-state index contributed by atoms with van der Waals surface area (Å²) in [5.41, 5.74) is 1.86. The van der Waals surface area contributed by atoms with Crippen molar-refractivity contribution >= 4 is 28.9 Å².